The summed E-state index contributed by atoms with van der Waals surface area (Å²) in [6.07, 6.45) is 0. The Balaban J connectivity index is 2.67. The summed E-state index contributed by atoms with van der Waals surface area (Å²) in [4.78, 5) is 0. The molecule has 0 spiro atoms. The Morgan fingerprint density at radius 3 is 2.07 bits per heavy atom. The first-order valence-corrected chi connectivity index (χ1v) is 5.30. The number of hydrogen-bond acceptors (Lipinski definition) is 3. The van der Waals surface area contributed by atoms with Crippen LogP contribution in [-0.4, -0.2) is 32.0 Å². The van der Waals surface area contributed by atoms with Gasteiger partial charge in [-0.1, -0.05) is 11.5 Å². The highest BCUT2D eigenvalue weighted by Crippen LogP contribution is 2.37. The Kier molecular flexibility index (Phi) is 3.64. The maximum Gasteiger partial charge on any atom is 0.487 e. The lowest BCUT2D eigenvalue weighted by atomic mass is 9.87. The van der Waals surface area contributed by atoms with Gasteiger partial charge in [-0.15, -0.1) is 0 Å². The smallest absolute Gasteiger partial charge is 0.400 e. The Labute approximate surface area is 92.9 Å². The summed E-state index contributed by atoms with van der Waals surface area (Å²) in [6, 6.07) is 0. The van der Waals surface area contributed by atoms with Gasteiger partial charge < -0.3 is 14.0 Å². The van der Waals surface area contributed by atoms with Crippen LogP contribution in [0, 0.1) is 0 Å². The van der Waals surface area contributed by atoms with Gasteiger partial charge in [0.15, 0.2) is 0 Å². The maximum absolute atomic E-state index is 5.83. The zero-order valence-corrected chi connectivity index (χ0v) is 10.6. The number of methoxy groups -OCH3 is 1. The van der Waals surface area contributed by atoms with Gasteiger partial charge >= 0.3 is 7.12 Å². The maximum atomic E-state index is 5.83. The van der Waals surface area contributed by atoms with Crippen molar-refractivity contribution in [3.8, 4) is 0 Å². The molecule has 4 heteroatoms. The zero-order chi connectivity index (χ0) is 11.7. The number of rotatable bonds is 3. The van der Waals surface area contributed by atoms with E-state index in [9.17, 15) is 0 Å². The Morgan fingerprint density at radius 2 is 1.67 bits per heavy atom. The Hall–Kier alpha value is -0.315. The van der Waals surface area contributed by atoms with Gasteiger partial charge in [-0.3, -0.25) is 0 Å². The second-order valence-corrected chi connectivity index (χ2v) is 5.07. The summed E-state index contributed by atoms with van der Waals surface area (Å²) in [7, 11) is 1.42. The summed E-state index contributed by atoms with van der Waals surface area (Å²) in [5.74, 6) is 1.97. The van der Waals surface area contributed by atoms with Crippen molar-refractivity contribution in [2.45, 2.75) is 45.8 Å². The molecule has 0 aromatic heterocycles. The monoisotopic (exact) mass is 212 g/mol. The Morgan fingerprint density at radius 1 is 1.20 bits per heavy atom. The molecule has 3 nitrogen and oxygen atoms in total. The van der Waals surface area contributed by atoms with E-state index in [1.165, 1.54) is 0 Å². The first-order chi connectivity index (χ1) is 6.78. The summed E-state index contributed by atoms with van der Waals surface area (Å²) in [5.41, 5.74) is 0.597. The summed E-state index contributed by atoms with van der Waals surface area (Å²) in [6.45, 7) is 10.8. The van der Waals surface area contributed by atoms with Crippen molar-refractivity contribution in [3.05, 3.63) is 11.5 Å². The van der Waals surface area contributed by atoms with Gasteiger partial charge in [0, 0.05) is 7.11 Å². The van der Waals surface area contributed by atoms with Gasteiger partial charge in [-0.25, -0.2) is 0 Å². The van der Waals surface area contributed by atoms with Crippen molar-refractivity contribution in [3.63, 3.8) is 0 Å². The molecule has 0 aromatic carbocycles. The molecule has 1 aliphatic heterocycles. The molecular weight excluding hydrogens is 191 g/mol. The van der Waals surface area contributed by atoms with Gasteiger partial charge in [0.25, 0.3) is 0 Å². The topological polar surface area (TPSA) is 27.7 Å². The quantitative estimate of drug-likeness (QED) is 0.671. The van der Waals surface area contributed by atoms with E-state index < -0.39 is 0 Å². The molecule has 0 unspecified atom stereocenters. The van der Waals surface area contributed by atoms with E-state index in [0.29, 0.717) is 6.61 Å². The summed E-state index contributed by atoms with van der Waals surface area (Å²) < 4.78 is 16.7. The fraction of sp³-hybridized carbons (Fsp3) is 0.818. The Bertz CT molecular complexity index is 243. The normalized spacial score (nSPS) is 24.7. The van der Waals surface area contributed by atoms with Crippen molar-refractivity contribution in [1.29, 1.82) is 0 Å². The van der Waals surface area contributed by atoms with E-state index in [2.05, 4.69) is 0 Å². The van der Waals surface area contributed by atoms with Crippen molar-refractivity contribution in [2.24, 2.45) is 0 Å². The molecular formula is C11H21BO3. The molecule has 0 N–H and O–H groups in total. The first-order valence-electron chi connectivity index (χ1n) is 5.30. The molecule has 1 fully saturated rings. The van der Waals surface area contributed by atoms with Crippen LogP contribution < -0.4 is 0 Å². The van der Waals surface area contributed by atoms with E-state index in [-0.39, 0.29) is 18.3 Å². The highest BCUT2D eigenvalue weighted by molar-refractivity contribution is 6.51. The van der Waals surface area contributed by atoms with E-state index in [0.717, 1.165) is 5.57 Å². The lowest BCUT2D eigenvalue weighted by Crippen LogP contribution is -2.41. The van der Waals surface area contributed by atoms with E-state index in [1.54, 1.807) is 7.11 Å². The summed E-state index contributed by atoms with van der Waals surface area (Å²) >= 11 is 0. The molecule has 15 heavy (non-hydrogen) atoms. The lowest BCUT2D eigenvalue weighted by molar-refractivity contribution is 0.00578. The predicted octanol–water partition coefficient (Wildman–Crippen LogP) is 2.21. The predicted molar refractivity (Wildman–Crippen MR) is 61.7 cm³/mol. The third-order valence-electron chi connectivity index (χ3n) is 3.06. The fourth-order valence-corrected chi connectivity index (χ4v) is 1.46. The van der Waals surface area contributed by atoms with Gasteiger partial charge in [-0.2, -0.15) is 0 Å². The van der Waals surface area contributed by atoms with Crippen molar-refractivity contribution in [1.82, 2.24) is 0 Å². The van der Waals surface area contributed by atoms with Crippen molar-refractivity contribution < 1.29 is 14.0 Å². The molecule has 86 valence electrons. The van der Waals surface area contributed by atoms with Gasteiger partial charge in [0.2, 0.25) is 0 Å². The van der Waals surface area contributed by atoms with Gasteiger partial charge in [-0.05, 0) is 34.6 Å². The van der Waals surface area contributed by atoms with E-state index >= 15 is 0 Å². The lowest BCUT2D eigenvalue weighted by Gasteiger charge is -2.32. The molecule has 0 bridgehead atoms. The van der Waals surface area contributed by atoms with Crippen LogP contribution in [0.25, 0.3) is 0 Å². The van der Waals surface area contributed by atoms with Crippen LogP contribution in [0.15, 0.2) is 11.5 Å². The zero-order valence-electron chi connectivity index (χ0n) is 10.6. The average Bonchev–Trinajstić information content (AvgIpc) is 2.19. The van der Waals surface area contributed by atoms with Crippen LogP contribution in [0.5, 0.6) is 0 Å². The molecule has 0 aliphatic carbocycles. The minimum atomic E-state index is -0.262. The van der Waals surface area contributed by atoms with Gasteiger partial charge in [0.1, 0.15) is 0 Å². The molecule has 0 amide bonds. The molecule has 1 aliphatic rings. The second-order valence-electron chi connectivity index (χ2n) is 5.07. The van der Waals surface area contributed by atoms with Crippen LogP contribution in [-0.2, 0) is 14.0 Å². The molecule has 1 heterocycles. The highest BCUT2D eigenvalue weighted by Gasteiger charge is 2.50. The number of hydrogen-bond donors (Lipinski definition) is 0. The third kappa shape index (κ3) is 2.83. The van der Waals surface area contributed by atoms with Crippen LogP contribution in [0.4, 0.5) is 0 Å². The SMILES string of the molecule is COC/C(C)=C/B1OC(C)(C)C(C)(C)O1. The van der Waals surface area contributed by atoms with E-state index in [4.69, 9.17) is 14.0 Å². The largest absolute Gasteiger partial charge is 0.487 e. The molecule has 0 atom stereocenters. The number of ether oxygens (including phenoxy) is 1. The molecule has 0 saturated carbocycles. The average molecular weight is 212 g/mol. The highest BCUT2D eigenvalue weighted by atomic mass is 16.7. The molecule has 1 saturated heterocycles. The van der Waals surface area contributed by atoms with Gasteiger partial charge in [0.05, 0.1) is 17.8 Å². The van der Waals surface area contributed by atoms with Crippen molar-refractivity contribution >= 4 is 7.12 Å². The minimum Gasteiger partial charge on any atom is -0.400 e. The summed E-state index contributed by atoms with van der Waals surface area (Å²) in [5, 5.41) is 0. The van der Waals surface area contributed by atoms with Crippen LogP contribution in [0.1, 0.15) is 34.6 Å². The van der Waals surface area contributed by atoms with Crippen LogP contribution in [0.3, 0.4) is 0 Å². The third-order valence-corrected chi connectivity index (χ3v) is 3.06. The minimum absolute atomic E-state index is 0.259. The fourth-order valence-electron chi connectivity index (χ4n) is 1.46. The molecule has 0 radical (unpaired) electrons. The van der Waals surface area contributed by atoms with Crippen molar-refractivity contribution in [2.75, 3.05) is 13.7 Å². The molecule has 1 rings (SSSR count). The van der Waals surface area contributed by atoms with E-state index in [1.807, 2.05) is 40.6 Å². The second kappa shape index (κ2) is 4.28. The van der Waals surface area contributed by atoms with Crippen LogP contribution >= 0.6 is 0 Å². The van der Waals surface area contributed by atoms with Crippen LogP contribution in [0.2, 0.25) is 0 Å². The standard InChI is InChI=1S/C11H21BO3/c1-9(8-13-6)7-12-14-10(2,3)11(4,5)15-12/h7H,8H2,1-6H3/b9-7+. The first kappa shape index (κ1) is 12.8. The molecule has 0 aromatic rings.